The van der Waals surface area contributed by atoms with Gasteiger partial charge < -0.3 is 21.3 Å². The molecular formula is C14H18N2O5. The molecule has 1 aromatic carbocycles. The molecule has 0 saturated heterocycles. The maximum absolute atomic E-state index is 12.0. The minimum atomic E-state index is -1.27. The predicted octanol–water partition coefficient (Wildman–Crippen LogP) is 1.40. The summed E-state index contributed by atoms with van der Waals surface area (Å²) in [5.74, 6) is -3.27. The molecule has 21 heavy (non-hydrogen) atoms. The van der Waals surface area contributed by atoms with Crippen molar-refractivity contribution in [3.8, 4) is 0 Å². The maximum Gasteiger partial charge on any atom is 0.335 e. The monoisotopic (exact) mass is 294 g/mol. The molecule has 1 amide bonds. The molecule has 0 heterocycles. The average molecular weight is 294 g/mol. The number of carboxylic acid groups (broad SMARTS) is 2. The van der Waals surface area contributed by atoms with Gasteiger partial charge in [-0.25, -0.2) is 9.59 Å². The fraction of sp³-hybridized carbons (Fsp3) is 0.357. The van der Waals surface area contributed by atoms with Gasteiger partial charge >= 0.3 is 11.9 Å². The second kappa shape index (κ2) is 7.39. The highest BCUT2D eigenvalue weighted by molar-refractivity contribution is 5.99. The van der Waals surface area contributed by atoms with Crippen LogP contribution in [0.1, 0.15) is 40.5 Å². The summed E-state index contributed by atoms with van der Waals surface area (Å²) < 4.78 is 0. The van der Waals surface area contributed by atoms with Crippen LogP contribution in [0.5, 0.6) is 0 Å². The van der Waals surface area contributed by atoms with Crippen molar-refractivity contribution >= 4 is 23.5 Å². The Balaban J connectivity index is 3.04. The molecule has 1 rings (SSSR count). The van der Waals surface area contributed by atoms with Gasteiger partial charge in [0, 0.05) is 12.2 Å². The molecule has 1 unspecified atom stereocenters. The lowest BCUT2D eigenvalue weighted by atomic mass is 10.0. The second-order valence-electron chi connectivity index (χ2n) is 4.62. The lowest BCUT2D eigenvalue weighted by Crippen LogP contribution is -2.29. The molecule has 0 aliphatic rings. The molecule has 0 fully saturated rings. The van der Waals surface area contributed by atoms with Gasteiger partial charge in [-0.2, -0.15) is 0 Å². The number of aromatic carboxylic acids is 2. The molecule has 0 bridgehead atoms. The normalized spacial score (nSPS) is 11.7. The zero-order valence-corrected chi connectivity index (χ0v) is 11.6. The first kappa shape index (κ1) is 16.6. The van der Waals surface area contributed by atoms with Gasteiger partial charge in [0.2, 0.25) is 5.91 Å². The topological polar surface area (TPSA) is 130 Å². The molecule has 5 N–H and O–H groups in total. The van der Waals surface area contributed by atoms with Crippen LogP contribution in [-0.2, 0) is 4.79 Å². The van der Waals surface area contributed by atoms with Gasteiger partial charge in [-0.3, -0.25) is 4.79 Å². The number of hydrogen-bond donors (Lipinski definition) is 4. The molecule has 0 spiro atoms. The van der Waals surface area contributed by atoms with Gasteiger partial charge in [0.15, 0.2) is 0 Å². The van der Waals surface area contributed by atoms with E-state index in [1.165, 1.54) is 12.1 Å². The average Bonchev–Trinajstić information content (AvgIpc) is 2.43. The zero-order chi connectivity index (χ0) is 16.0. The van der Waals surface area contributed by atoms with Gasteiger partial charge in [-0.15, -0.1) is 0 Å². The molecule has 1 aromatic rings. The van der Waals surface area contributed by atoms with E-state index in [9.17, 15) is 14.4 Å². The van der Waals surface area contributed by atoms with Gasteiger partial charge in [0.05, 0.1) is 17.0 Å². The highest BCUT2D eigenvalue weighted by Crippen LogP contribution is 2.17. The van der Waals surface area contributed by atoms with Crippen LogP contribution in [0.15, 0.2) is 18.2 Å². The van der Waals surface area contributed by atoms with Crippen molar-refractivity contribution in [2.24, 2.45) is 11.7 Å². The fourth-order valence-corrected chi connectivity index (χ4v) is 1.90. The van der Waals surface area contributed by atoms with Crippen LogP contribution in [-0.4, -0.2) is 34.6 Å². The molecular weight excluding hydrogens is 276 g/mol. The number of nitrogens with one attached hydrogen (secondary N) is 1. The largest absolute Gasteiger partial charge is 0.478 e. The number of carbonyl (C=O) groups is 3. The molecule has 0 radical (unpaired) electrons. The van der Waals surface area contributed by atoms with Crippen LogP contribution in [0.2, 0.25) is 0 Å². The van der Waals surface area contributed by atoms with Crippen LogP contribution in [0.25, 0.3) is 0 Å². The lowest BCUT2D eigenvalue weighted by molar-refractivity contribution is -0.119. The number of carboxylic acids is 2. The summed E-state index contributed by atoms with van der Waals surface area (Å²) in [6.07, 6.45) is 1.39. The summed E-state index contributed by atoms with van der Waals surface area (Å²) in [5.41, 5.74) is 5.24. The van der Waals surface area contributed by atoms with Gasteiger partial charge in [-0.1, -0.05) is 13.3 Å². The molecule has 0 aromatic heterocycles. The SMILES string of the molecule is CCCC(CN)C(=O)Nc1cc(C(=O)O)cc(C(=O)O)c1. The third kappa shape index (κ3) is 4.57. The molecule has 0 saturated carbocycles. The molecule has 1 atom stereocenters. The smallest absolute Gasteiger partial charge is 0.335 e. The van der Waals surface area contributed by atoms with Crippen LogP contribution in [0.3, 0.4) is 0 Å². The van der Waals surface area contributed by atoms with Crippen molar-refractivity contribution in [1.82, 2.24) is 0 Å². The van der Waals surface area contributed by atoms with E-state index in [1.807, 2.05) is 6.92 Å². The minimum Gasteiger partial charge on any atom is -0.478 e. The number of hydrogen-bond acceptors (Lipinski definition) is 4. The van der Waals surface area contributed by atoms with Crippen LogP contribution in [0.4, 0.5) is 5.69 Å². The Bertz CT molecular complexity index is 524. The quantitative estimate of drug-likeness (QED) is 0.601. The Hall–Kier alpha value is -2.41. The van der Waals surface area contributed by atoms with Crippen molar-refractivity contribution in [3.63, 3.8) is 0 Å². The number of benzene rings is 1. The minimum absolute atomic E-state index is 0.131. The third-order valence-corrected chi connectivity index (χ3v) is 2.99. The van der Waals surface area contributed by atoms with Crippen molar-refractivity contribution in [2.45, 2.75) is 19.8 Å². The molecule has 0 aliphatic carbocycles. The van der Waals surface area contributed by atoms with Crippen molar-refractivity contribution in [1.29, 1.82) is 0 Å². The summed E-state index contributed by atoms with van der Waals surface area (Å²) >= 11 is 0. The Labute approximate surface area is 121 Å². The van der Waals surface area contributed by atoms with Crippen LogP contribution < -0.4 is 11.1 Å². The standard InChI is InChI=1S/C14H18N2O5/c1-2-3-8(7-15)12(17)16-11-5-9(13(18)19)4-10(6-11)14(20)21/h4-6,8H,2-3,7,15H2,1H3,(H,16,17)(H,18,19)(H,20,21). The maximum atomic E-state index is 12.0. The van der Waals surface area contributed by atoms with Crippen LogP contribution >= 0.6 is 0 Å². The van der Waals surface area contributed by atoms with Gasteiger partial charge in [-0.05, 0) is 24.6 Å². The predicted molar refractivity (Wildman–Crippen MR) is 76.4 cm³/mol. The number of amides is 1. The van der Waals surface area contributed by atoms with E-state index >= 15 is 0 Å². The summed E-state index contributed by atoms with van der Waals surface area (Å²) in [4.78, 5) is 34.0. The molecule has 114 valence electrons. The van der Waals surface area contributed by atoms with E-state index in [1.54, 1.807) is 0 Å². The van der Waals surface area contributed by atoms with Gasteiger partial charge in [0.25, 0.3) is 0 Å². The second-order valence-corrected chi connectivity index (χ2v) is 4.62. The van der Waals surface area contributed by atoms with Crippen molar-refractivity contribution < 1.29 is 24.6 Å². The number of rotatable bonds is 7. The fourth-order valence-electron chi connectivity index (χ4n) is 1.90. The summed E-state index contributed by atoms with van der Waals surface area (Å²) in [6, 6.07) is 3.46. The molecule has 7 heteroatoms. The van der Waals surface area contributed by atoms with E-state index in [4.69, 9.17) is 15.9 Å². The Morgan fingerprint density at radius 1 is 1.14 bits per heavy atom. The number of anilines is 1. The zero-order valence-electron chi connectivity index (χ0n) is 11.6. The van der Waals surface area contributed by atoms with Crippen molar-refractivity contribution in [2.75, 3.05) is 11.9 Å². The van der Waals surface area contributed by atoms with Crippen molar-refractivity contribution in [3.05, 3.63) is 29.3 Å². The Morgan fingerprint density at radius 2 is 1.67 bits per heavy atom. The first-order chi connectivity index (χ1) is 9.88. The Morgan fingerprint density at radius 3 is 2.05 bits per heavy atom. The van der Waals surface area contributed by atoms with Gasteiger partial charge in [0.1, 0.15) is 0 Å². The Kier molecular flexibility index (Phi) is 5.86. The first-order valence-electron chi connectivity index (χ1n) is 6.51. The van der Waals surface area contributed by atoms with Crippen LogP contribution in [0, 0.1) is 5.92 Å². The number of carbonyl (C=O) groups excluding carboxylic acids is 1. The number of nitrogens with two attached hydrogens (primary N) is 1. The summed E-state index contributed by atoms with van der Waals surface area (Å²) in [7, 11) is 0. The molecule has 0 aliphatic heterocycles. The van der Waals surface area contributed by atoms with E-state index in [0.29, 0.717) is 6.42 Å². The molecule has 7 nitrogen and oxygen atoms in total. The van der Waals surface area contributed by atoms with E-state index < -0.39 is 17.9 Å². The van der Waals surface area contributed by atoms with E-state index in [-0.39, 0.29) is 29.3 Å². The first-order valence-corrected chi connectivity index (χ1v) is 6.51. The van der Waals surface area contributed by atoms with E-state index in [2.05, 4.69) is 5.32 Å². The highest BCUT2D eigenvalue weighted by atomic mass is 16.4. The summed E-state index contributed by atoms with van der Waals surface area (Å²) in [5, 5.41) is 20.4. The lowest BCUT2D eigenvalue weighted by Gasteiger charge is -2.14. The highest BCUT2D eigenvalue weighted by Gasteiger charge is 2.18. The van der Waals surface area contributed by atoms with E-state index in [0.717, 1.165) is 12.5 Å². The summed E-state index contributed by atoms with van der Waals surface area (Å²) in [6.45, 7) is 2.09. The third-order valence-electron chi connectivity index (χ3n) is 2.99.